The Morgan fingerprint density at radius 2 is 2.04 bits per heavy atom. The minimum atomic E-state index is -0.919. The third-order valence-electron chi connectivity index (χ3n) is 4.29. The largest absolute Gasteiger partial charge is 0.492 e. The van der Waals surface area contributed by atoms with Gasteiger partial charge in [0.05, 0.1) is 18.7 Å². The fraction of sp³-hybridized carbons (Fsp3) is 0.471. The predicted molar refractivity (Wildman–Crippen MR) is 87.4 cm³/mol. The number of hydrogen-bond acceptors (Lipinski definition) is 4. The average molecular weight is 318 g/mol. The fourth-order valence-corrected chi connectivity index (χ4v) is 3.11. The van der Waals surface area contributed by atoms with Crippen LogP contribution in [0.3, 0.4) is 0 Å². The molecule has 1 fully saturated rings. The van der Waals surface area contributed by atoms with Gasteiger partial charge in [-0.2, -0.15) is 0 Å². The summed E-state index contributed by atoms with van der Waals surface area (Å²) in [6.07, 6.45) is 0. The highest BCUT2D eigenvalue weighted by molar-refractivity contribution is 5.96. The van der Waals surface area contributed by atoms with E-state index in [2.05, 4.69) is 4.90 Å². The summed E-state index contributed by atoms with van der Waals surface area (Å²) in [4.78, 5) is 13.6. The van der Waals surface area contributed by atoms with E-state index < -0.39 is 5.97 Å². The van der Waals surface area contributed by atoms with Crippen LogP contribution in [0.2, 0.25) is 0 Å². The summed E-state index contributed by atoms with van der Waals surface area (Å²) in [5, 5.41) is 10.1. The van der Waals surface area contributed by atoms with Gasteiger partial charge < -0.3 is 19.1 Å². The van der Waals surface area contributed by atoms with Gasteiger partial charge in [-0.25, -0.2) is 4.79 Å². The van der Waals surface area contributed by atoms with Gasteiger partial charge in [0.15, 0.2) is 0 Å². The number of rotatable bonds is 5. The molecule has 0 aliphatic carbocycles. The number of benzene rings is 1. The first kappa shape index (κ1) is 15.8. The second kappa shape index (κ2) is 6.60. The lowest BCUT2D eigenvalue weighted by Gasteiger charge is -2.26. The normalized spacial score (nSPS) is 15.9. The van der Waals surface area contributed by atoms with E-state index in [4.69, 9.17) is 9.47 Å². The van der Waals surface area contributed by atoms with Crippen molar-refractivity contribution in [1.29, 1.82) is 0 Å². The van der Waals surface area contributed by atoms with E-state index in [9.17, 15) is 9.90 Å². The van der Waals surface area contributed by atoms with Crippen LogP contribution in [0.4, 0.5) is 0 Å². The number of aromatic nitrogens is 1. The second-order valence-corrected chi connectivity index (χ2v) is 5.87. The van der Waals surface area contributed by atoms with Crippen LogP contribution in [0, 0.1) is 6.92 Å². The van der Waals surface area contributed by atoms with Crippen molar-refractivity contribution >= 4 is 16.9 Å². The van der Waals surface area contributed by atoms with Crippen molar-refractivity contribution in [2.45, 2.75) is 6.92 Å². The lowest BCUT2D eigenvalue weighted by Crippen LogP contribution is -2.38. The molecule has 2 heterocycles. The molecule has 0 unspecified atom stereocenters. The Labute approximate surface area is 135 Å². The molecule has 1 aliphatic rings. The van der Waals surface area contributed by atoms with Crippen LogP contribution in [0.15, 0.2) is 18.2 Å². The molecule has 0 radical (unpaired) electrons. The molecule has 0 spiro atoms. The number of morpholine rings is 1. The van der Waals surface area contributed by atoms with E-state index in [1.54, 1.807) is 17.7 Å². The zero-order chi connectivity index (χ0) is 16.4. The summed E-state index contributed by atoms with van der Waals surface area (Å²) in [5.74, 6) is -0.135. The van der Waals surface area contributed by atoms with Gasteiger partial charge in [-0.15, -0.1) is 0 Å². The Balaban J connectivity index is 1.73. The number of carboxylic acid groups (broad SMARTS) is 1. The summed E-state index contributed by atoms with van der Waals surface area (Å²) < 4.78 is 12.9. The maximum atomic E-state index is 11.3. The number of aryl methyl sites for hydroxylation is 2. The molecule has 2 aromatic rings. The van der Waals surface area contributed by atoms with Gasteiger partial charge in [-0.1, -0.05) is 0 Å². The van der Waals surface area contributed by atoms with Gasteiger partial charge in [-0.3, -0.25) is 4.90 Å². The summed E-state index contributed by atoms with van der Waals surface area (Å²) in [6, 6.07) is 5.57. The van der Waals surface area contributed by atoms with Gasteiger partial charge in [0.2, 0.25) is 0 Å². The number of hydrogen-bond donors (Lipinski definition) is 1. The molecule has 0 bridgehead atoms. The Hall–Kier alpha value is -2.05. The topological polar surface area (TPSA) is 63.9 Å². The number of fused-ring (bicyclic) bond motifs is 1. The van der Waals surface area contributed by atoms with Crippen molar-refractivity contribution in [2.75, 3.05) is 39.5 Å². The quantitative estimate of drug-likeness (QED) is 0.912. The van der Waals surface area contributed by atoms with Crippen LogP contribution in [-0.4, -0.2) is 60.0 Å². The highest BCUT2D eigenvalue weighted by Crippen LogP contribution is 2.27. The highest BCUT2D eigenvalue weighted by atomic mass is 16.5. The highest BCUT2D eigenvalue weighted by Gasteiger charge is 2.15. The molecule has 1 aromatic heterocycles. The van der Waals surface area contributed by atoms with Gasteiger partial charge >= 0.3 is 5.97 Å². The number of ether oxygens (including phenoxy) is 2. The Morgan fingerprint density at radius 1 is 1.30 bits per heavy atom. The molecule has 6 heteroatoms. The first-order chi connectivity index (χ1) is 11.1. The Kier molecular flexibility index (Phi) is 4.54. The van der Waals surface area contributed by atoms with Crippen molar-refractivity contribution < 1.29 is 19.4 Å². The van der Waals surface area contributed by atoms with E-state index >= 15 is 0 Å². The third-order valence-corrected chi connectivity index (χ3v) is 4.29. The molecular weight excluding hydrogens is 296 g/mol. The average Bonchev–Trinajstić information content (AvgIpc) is 2.86. The predicted octanol–water partition coefficient (Wildman–Crippen LogP) is 1.90. The molecule has 0 saturated carbocycles. The molecule has 0 amide bonds. The molecule has 23 heavy (non-hydrogen) atoms. The molecule has 1 aliphatic heterocycles. The van der Waals surface area contributed by atoms with Crippen molar-refractivity contribution in [3.63, 3.8) is 0 Å². The van der Waals surface area contributed by atoms with Crippen LogP contribution < -0.4 is 4.74 Å². The minimum absolute atomic E-state index is 0.286. The van der Waals surface area contributed by atoms with E-state index in [1.807, 2.05) is 19.1 Å². The maximum Gasteiger partial charge on any atom is 0.352 e. The summed E-state index contributed by atoms with van der Waals surface area (Å²) in [5.41, 5.74) is 2.23. The number of aromatic carboxylic acids is 1. The lowest BCUT2D eigenvalue weighted by atomic mass is 10.1. The minimum Gasteiger partial charge on any atom is -0.492 e. The molecule has 0 atom stereocenters. The van der Waals surface area contributed by atoms with E-state index in [1.165, 1.54) is 0 Å². The first-order valence-electron chi connectivity index (χ1n) is 7.82. The Bertz CT molecular complexity index is 717. The third kappa shape index (κ3) is 3.33. The SMILES string of the molecule is Cc1cc(OCCN2CCOCC2)cc2cc(C(=O)O)n(C)c12. The Morgan fingerprint density at radius 3 is 2.74 bits per heavy atom. The molecule has 124 valence electrons. The second-order valence-electron chi connectivity index (χ2n) is 5.87. The number of carbonyl (C=O) groups is 1. The first-order valence-corrected chi connectivity index (χ1v) is 7.82. The molecule has 3 rings (SSSR count). The van der Waals surface area contributed by atoms with Crippen LogP contribution in [0.5, 0.6) is 5.75 Å². The van der Waals surface area contributed by atoms with Crippen molar-refractivity contribution in [1.82, 2.24) is 9.47 Å². The van der Waals surface area contributed by atoms with E-state index in [0.717, 1.165) is 55.1 Å². The molecule has 1 N–H and O–H groups in total. The van der Waals surface area contributed by atoms with Crippen molar-refractivity contribution in [2.24, 2.45) is 7.05 Å². The van der Waals surface area contributed by atoms with Crippen LogP contribution in [0.25, 0.3) is 10.9 Å². The molecule has 6 nitrogen and oxygen atoms in total. The number of carboxylic acids is 1. The van der Waals surface area contributed by atoms with Crippen LogP contribution in [0.1, 0.15) is 16.1 Å². The zero-order valence-corrected chi connectivity index (χ0v) is 13.5. The fourth-order valence-electron chi connectivity index (χ4n) is 3.11. The zero-order valence-electron chi connectivity index (χ0n) is 13.5. The van der Waals surface area contributed by atoms with E-state index in [-0.39, 0.29) is 5.69 Å². The maximum absolute atomic E-state index is 11.3. The monoisotopic (exact) mass is 318 g/mol. The standard InChI is InChI=1S/C17H22N2O4/c1-12-9-14(23-8-5-19-3-6-22-7-4-19)10-13-11-15(17(20)21)18(2)16(12)13/h9-11H,3-8H2,1-2H3,(H,20,21). The smallest absolute Gasteiger partial charge is 0.352 e. The summed E-state index contributed by atoms with van der Waals surface area (Å²) >= 11 is 0. The van der Waals surface area contributed by atoms with Crippen LogP contribution in [-0.2, 0) is 11.8 Å². The van der Waals surface area contributed by atoms with Crippen molar-refractivity contribution in [3.05, 3.63) is 29.5 Å². The van der Waals surface area contributed by atoms with Gasteiger partial charge in [0.1, 0.15) is 18.1 Å². The molecular formula is C17H22N2O4. The van der Waals surface area contributed by atoms with Crippen LogP contribution >= 0.6 is 0 Å². The summed E-state index contributed by atoms with van der Waals surface area (Å²) in [6.45, 7) is 6.92. The lowest BCUT2D eigenvalue weighted by molar-refractivity contribution is 0.0322. The van der Waals surface area contributed by atoms with E-state index in [0.29, 0.717) is 6.61 Å². The summed E-state index contributed by atoms with van der Waals surface area (Å²) in [7, 11) is 1.78. The van der Waals surface area contributed by atoms with Gasteiger partial charge in [-0.05, 0) is 30.7 Å². The van der Waals surface area contributed by atoms with Crippen molar-refractivity contribution in [3.8, 4) is 5.75 Å². The number of nitrogens with zero attached hydrogens (tertiary/aromatic N) is 2. The van der Waals surface area contributed by atoms with Gasteiger partial charge in [0.25, 0.3) is 0 Å². The molecule has 1 saturated heterocycles. The molecule has 1 aromatic carbocycles. The van der Waals surface area contributed by atoms with Gasteiger partial charge in [0, 0.05) is 32.1 Å².